The molecule has 0 radical (unpaired) electrons. The van der Waals surface area contributed by atoms with Gasteiger partial charge in [-0.05, 0) is 12.5 Å². The first-order chi connectivity index (χ1) is 10.3. The van der Waals surface area contributed by atoms with E-state index in [9.17, 15) is 4.79 Å². The van der Waals surface area contributed by atoms with Gasteiger partial charge < -0.3 is 15.1 Å². The van der Waals surface area contributed by atoms with Crippen LogP contribution in [0.15, 0.2) is 28.7 Å². The Labute approximate surface area is 124 Å². The Morgan fingerprint density at radius 3 is 3.00 bits per heavy atom. The molecule has 0 saturated carbocycles. The molecule has 0 bridgehead atoms. The predicted octanol–water partition coefficient (Wildman–Crippen LogP) is 2.75. The van der Waals surface area contributed by atoms with Crippen molar-refractivity contribution in [2.24, 2.45) is 0 Å². The number of furan rings is 1. The monoisotopic (exact) mass is 286 g/mol. The second-order valence-corrected chi connectivity index (χ2v) is 5.69. The zero-order chi connectivity index (χ0) is 14.7. The molecular weight excluding hydrogens is 264 g/mol. The molecule has 0 spiro atoms. The average Bonchev–Trinajstić information content (AvgIpc) is 3.06. The maximum atomic E-state index is 11.3. The van der Waals surface area contributed by atoms with Gasteiger partial charge in [0.15, 0.2) is 0 Å². The molecule has 1 aliphatic heterocycles. The van der Waals surface area contributed by atoms with Crippen molar-refractivity contribution in [2.45, 2.75) is 45.2 Å². The molecule has 1 aliphatic rings. The molecule has 1 saturated heterocycles. The van der Waals surface area contributed by atoms with Gasteiger partial charge in [0.25, 0.3) is 0 Å². The Kier molecular flexibility index (Phi) is 4.25. The van der Waals surface area contributed by atoms with Gasteiger partial charge >= 0.3 is 0 Å². The van der Waals surface area contributed by atoms with Crippen LogP contribution in [-0.4, -0.2) is 18.5 Å². The fourth-order valence-electron chi connectivity index (χ4n) is 2.88. The predicted molar refractivity (Wildman–Crippen MR) is 83.1 cm³/mol. The SMILES string of the molecule is CCCCc1oc2ccccc2c1CNC1CNC(=O)C1. The molecule has 1 aromatic carbocycles. The molecule has 21 heavy (non-hydrogen) atoms. The molecule has 3 rings (SSSR count). The van der Waals surface area contributed by atoms with Crippen molar-refractivity contribution in [1.82, 2.24) is 10.6 Å². The van der Waals surface area contributed by atoms with Gasteiger partial charge in [-0.15, -0.1) is 0 Å². The van der Waals surface area contributed by atoms with Crippen LogP contribution >= 0.6 is 0 Å². The van der Waals surface area contributed by atoms with Crippen molar-refractivity contribution in [3.8, 4) is 0 Å². The number of amides is 1. The number of para-hydroxylation sites is 1. The van der Waals surface area contributed by atoms with Gasteiger partial charge in [0.05, 0.1) is 0 Å². The summed E-state index contributed by atoms with van der Waals surface area (Å²) in [6.45, 7) is 3.67. The zero-order valence-corrected chi connectivity index (χ0v) is 12.4. The number of benzene rings is 1. The van der Waals surface area contributed by atoms with Crippen molar-refractivity contribution in [3.63, 3.8) is 0 Å². The molecule has 4 heteroatoms. The summed E-state index contributed by atoms with van der Waals surface area (Å²) in [6.07, 6.45) is 3.84. The third-order valence-electron chi connectivity index (χ3n) is 4.08. The summed E-state index contributed by atoms with van der Waals surface area (Å²) in [6, 6.07) is 8.42. The summed E-state index contributed by atoms with van der Waals surface area (Å²) in [4.78, 5) is 11.3. The number of carbonyl (C=O) groups is 1. The topological polar surface area (TPSA) is 54.3 Å². The van der Waals surface area contributed by atoms with Crippen molar-refractivity contribution in [1.29, 1.82) is 0 Å². The van der Waals surface area contributed by atoms with E-state index in [1.807, 2.05) is 18.2 Å². The second-order valence-electron chi connectivity index (χ2n) is 5.69. The highest BCUT2D eigenvalue weighted by Gasteiger charge is 2.22. The molecule has 1 unspecified atom stereocenters. The Hall–Kier alpha value is -1.81. The quantitative estimate of drug-likeness (QED) is 0.858. The summed E-state index contributed by atoms with van der Waals surface area (Å²) in [5.74, 6) is 1.22. The highest BCUT2D eigenvalue weighted by atomic mass is 16.3. The fraction of sp³-hybridized carbons (Fsp3) is 0.471. The molecule has 2 N–H and O–H groups in total. The molecule has 4 nitrogen and oxygen atoms in total. The van der Waals surface area contributed by atoms with E-state index in [2.05, 4.69) is 23.6 Å². The first-order valence-electron chi connectivity index (χ1n) is 7.77. The van der Waals surface area contributed by atoms with Gasteiger partial charge in [-0.25, -0.2) is 0 Å². The third-order valence-corrected chi connectivity index (χ3v) is 4.08. The molecule has 112 valence electrons. The number of carbonyl (C=O) groups excluding carboxylic acids is 1. The molecular formula is C17H22N2O2. The Bertz CT molecular complexity index is 633. The lowest BCUT2D eigenvalue weighted by molar-refractivity contribution is -0.119. The number of hydrogen-bond donors (Lipinski definition) is 2. The van der Waals surface area contributed by atoms with Gasteiger partial charge in [0.2, 0.25) is 5.91 Å². The van der Waals surface area contributed by atoms with Crippen molar-refractivity contribution in [2.75, 3.05) is 6.54 Å². The molecule has 1 atom stereocenters. The minimum absolute atomic E-state index is 0.135. The van der Waals surface area contributed by atoms with Gasteiger partial charge in [0, 0.05) is 42.9 Å². The van der Waals surface area contributed by atoms with Crippen molar-refractivity contribution < 1.29 is 9.21 Å². The lowest BCUT2D eigenvalue weighted by atomic mass is 10.1. The van der Waals surface area contributed by atoms with E-state index in [0.717, 1.165) is 43.7 Å². The Morgan fingerprint density at radius 1 is 1.38 bits per heavy atom. The van der Waals surface area contributed by atoms with Crippen molar-refractivity contribution in [3.05, 3.63) is 35.6 Å². The highest BCUT2D eigenvalue weighted by molar-refractivity contribution is 5.82. The summed E-state index contributed by atoms with van der Waals surface area (Å²) < 4.78 is 6.02. The van der Waals surface area contributed by atoms with Crippen LogP contribution in [0.2, 0.25) is 0 Å². The van der Waals surface area contributed by atoms with E-state index in [1.165, 1.54) is 10.9 Å². The smallest absolute Gasteiger partial charge is 0.221 e. The van der Waals surface area contributed by atoms with Crippen LogP contribution in [0.3, 0.4) is 0 Å². The number of rotatable bonds is 6. The van der Waals surface area contributed by atoms with Gasteiger partial charge in [-0.2, -0.15) is 0 Å². The first kappa shape index (κ1) is 14.1. The van der Waals surface area contributed by atoms with Crippen LogP contribution in [0.5, 0.6) is 0 Å². The van der Waals surface area contributed by atoms with Crippen LogP contribution < -0.4 is 10.6 Å². The first-order valence-corrected chi connectivity index (χ1v) is 7.77. The molecule has 1 fully saturated rings. The average molecular weight is 286 g/mol. The minimum Gasteiger partial charge on any atom is -0.461 e. The number of unbranched alkanes of at least 4 members (excludes halogenated alkanes) is 1. The van der Waals surface area contributed by atoms with Crippen LogP contribution in [0.1, 0.15) is 37.5 Å². The summed E-state index contributed by atoms with van der Waals surface area (Å²) >= 11 is 0. The van der Waals surface area contributed by atoms with E-state index in [4.69, 9.17) is 4.42 Å². The zero-order valence-electron chi connectivity index (χ0n) is 12.4. The maximum absolute atomic E-state index is 11.3. The normalized spacial score (nSPS) is 18.3. The molecule has 0 aliphatic carbocycles. The Morgan fingerprint density at radius 2 is 2.24 bits per heavy atom. The lowest BCUT2D eigenvalue weighted by Crippen LogP contribution is -2.30. The largest absolute Gasteiger partial charge is 0.461 e. The third kappa shape index (κ3) is 3.10. The van der Waals surface area contributed by atoms with Crippen LogP contribution in [0, 0.1) is 0 Å². The van der Waals surface area contributed by atoms with Gasteiger partial charge in [-0.3, -0.25) is 4.79 Å². The van der Waals surface area contributed by atoms with Crippen LogP contribution in [0.25, 0.3) is 11.0 Å². The van der Waals surface area contributed by atoms with Gasteiger partial charge in [-0.1, -0.05) is 31.5 Å². The number of nitrogens with one attached hydrogen (secondary N) is 2. The Balaban J connectivity index is 1.79. The molecule has 1 amide bonds. The van der Waals surface area contributed by atoms with Crippen molar-refractivity contribution >= 4 is 16.9 Å². The number of fused-ring (bicyclic) bond motifs is 1. The summed E-state index contributed by atoms with van der Waals surface area (Å²) in [7, 11) is 0. The molecule has 2 aromatic rings. The summed E-state index contributed by atoms with van der Waals surface area (Å²) in [5, 5.41) is 7.53. The lowest BCUT2D eigenvalue weighted by Gasteiger charge is -2.10. The minimum atomic E-state index is 0.135. The summed E-state index contributed by atoms with van der Waals surface area (Å²) in [5.41, 5.74) is 2.21. The van der Waals surface area contributed by atoms with E-state index in [-0.39, 0.29) is 11.9 Å². The number of aryl methyl sites for hydroxylation is 1. The second kappa shape index (κ2) is 6.31. The van der Waals surface area contributed by atoms with E-state index in [0.29, 0.717) is 6.42 Å². The van der Waals surface area contributed by atoms with Crippen LogP contribution in [-0.2, 0) is 17.8 Å². The van der Waals surface area contributed by atoms with E-state index < -0.39 is 0 Å². The van der Waals surface area contributed by atoms with E-state index in [1.54, 1.807) is 0 Å². The fourth-order valence-corrected chi connectivity index (χ4v) is 2.88. The van der Waals surface area contributed by atoms with Gasteiger partial charge in [0.1, 0.15) is 11.3 Å². The standard InChI is InChI=1S/C17H22N2O2/c1-2-3-7-16-14(11-18-12-9-17(20)19-10-12)13-6-4-5-8-15(13)21-16/h4-6,8,12,18H,2-3,7,9-11H2,1H3,(H,19,20). The molecule has 2 heterocycles. The highest BCUT2D eigenvalue weighted by Crippen LogP contribution is 2.27. The van der Waals surface area contributed by atoms with Crippen LogP contribution in [0.4, 0.5) is 0 Å². The molecule has 1 aromatic heterocycles. The van der Waals surface area contributed by atoms with E-state index >= 15 is 0 Å². The maximum Gasteiger partial charge on any atom is 0.221 e. The number of hydrogen-bond acceptors (Lipinski definition) is 3.